The molecule has 0 saturated carbocycles. The molecule has 0 bridgehead atoms. The van der Waals surface area contributed by atoms with Gasteiger partial charge in [-0.15, -0.1) is 13.2 Å². The van der Waals surface area contributed by atoms with Crippen molar-refractivity contribution < 1.29 is 80.9 Å². The molecule has 0 amide bonds. The average molecular weight is 1350 g/mol. The van der Waals surface area contributed by atoms with Gasteiger partial charge in [0.05, 0.1) is 46.2 Å². The van der Waals surface area contributed by atoms with Gasteiger partial charge in [0.2, 0.25) is 6.29 Å². The van der Waals surface area contributed by atoms with Gasteiger partial charge >= 0.3 is 0 Å². The summed E-state index contributed by atoms with van der Waals surface area (Å²) in [5, 5.41) is 11.5. The van der Waals surface area contributed by atoms with Gasteiger partial charge in [-0.25, -0.2) is 0 Å². The first kappa shape index (κ1) is 70.2. The predicted octanol–water partition coefficient (Wildman–Crippen LogP) is 13.5. The van der Waals surface area contributed by atoms with Crippen molar-refractivity contribution in [3.05, 3.63) is 264 Å². The van der Waals surface area contributed by atoms with Gasteiger partial charge in [0, 0.05) is 36.9 Å². The molecule has 4 heterocycles. The van der Waals surface area contributed by atoms with Crippen LogP contribution >= 0.6 is 0 Å². The quantitative estimate of drug-likeness (QED) is 0.0281. The van der Waals surface area contributed by atoms with E-state index < -0.39 is 6.10 Å². The second-order valence-electron chi connectivity index (χ2n) is 24.8. The fourth-order valence-electron chi connectivity index (χ4n) is 11.8. The van der Waals surface area contributed by atoms with Crippen LogP contribution in [0.15, 0.2) is 219 Å². The Kier molecular flexibility index (Phi) is 25.4. The summed E-state index contributed by atoms with van der Waals surface area (Å²) in [4.78, 5) is 0. The highest BCUT2D eigenvalue weighted by atomic mass is 16.8. The number of ether oxygens (including phenoxy) is 16. The van der Waals surface area contributed by atoms with Crippen molar-refractivity contribution >= 4 is 0 Å². The molecular formula is C82H90O17. The van der Waals surface area contributed by atoms with Crippen LogP contribution in [0, 0.1) is 0 Å². The van der Waals surface area contributed by atoms with E-state index in [4.69, 9.17) is 75.8 Å². The summed E-state index contributed by atoms with van der Waals surface area (Å²) in [7, 11) is 0. The molecular weight excluding hydrogens is 1260 g/mol. The Balaban J connectivity index is 0.765. The van der Waals surface area contributed by atoms with Crippen molar-refractivity contribution in [2.75, 3.05) is 112 Å². The van der Waals surface area contributed by atoms with Crippen LogP contribution in [-0.2, 0) is 37.9 Å². The van der Waals surface area contributed by atoms with Crippen LogP contribution in [0.5, 0.6) is 46.0 Å². The van der Waals surface area contributed by atoms with Crippen LogP contribution < -0.4 is 37.9 Å². The van der Waals surface area contributed by atoms with Gasteiger partial charge in [-0.1, -0.05) is 109 Å². The minimum atomic E-state index is -0.958. The first-order valence-electron chi connectivity index (χ1n) is 34.4. The molecule has 8 aromatic carbocycles. The second-order valence-corrected chi connectivity index (χ2v) is 24.8. The maximum atomic E-state index is 11.5. The lowest BCUT2D eigenvalue weighted by molar-refractivity contribution is -0.0246. The number of epoxide rings is 4. The highest BCUT2D eigenvalue weighted by molar-refractivity contribution is 5.51. The van der Waals surface area contributed by atoms with E-state index in [1.807, 2.05) is 111 Å². The lowest BCUT2D eigenvalue weighted by Gasteiger charge is -2.30. The average Bonchev–Trinajstić information content (AvgIpc) is 1.05. The molecule has 12 rings (SSSR count). The lowest BCUT2D eigenvalue weighted by Crippen LogP contribution is -2.27. The fourth-order valence-corrected chi connectivity index (χ4v) is 11.8. The molecule has 1 N–H and O–H groups in total. The van der Waals surface area contributed by atoms with Gasteiger partial charge in [-0.3, -0.25) is 0 Å². The van der Waals surface area contributed by atoms with Crippen LogP contribution in [-0.4, -0.2) is 160 Å². The Hall–Kier alpha value is -8.72. The minimum absolute atomic E-state index is 0.00816. The standard InChI is InChI=1S/C82H90O17/c1-5-41-86-73(45-84-7-3)47-90-67-29-13-58(14-30-67)79(80(59-17-33-69(34-18-59)92-49-75-52-95-75)60-19-35-70(36-20-60)93-50-76-53-96-76)56-9-25-65(26-10-56)88-43-64(83)44-89-66-27-11-57(12-28-66)81(61-15-31-68(32-16-61)91-48-74(46-85-8-4)87-42-6-2)82(63-23-39-72(40-24-63)99-78-55-98-78)62-21-37-71(38-22-62)94-51-77-54-97-77/h5-6,9-40,64,73-83H,1-2,7-8,41-55H2,3-4H3. The van der Waals surface area contributed by atoms with Gasteiger partial charge < -0.3 is 80.9 Å². The molecule has 4 aliphatic heterocycles. The van der Waals surface area contributed by atoms with E-state index in [0.29, 0.717) is 122 Å². The Morgan fingerprint density at radius 3 is 0.818 bits per heavy atom. The first-order valence-corrected chi connectivity index (χ1v) is 34.4. The molecule has 4 saturated heterocycles. The summed E-state index contributed by atoms with van der Waals surface area (Å²) < 4.78 is 94.6. The third-order valence-electron chi connectivity index (χ3n) is 17.3. The minimum Gasteiger partial charge on any atom is -0.491 e. The summed E-state index contributed by atoms with van der Waals surface area (Å²) in [5.74, 6) is 4.90. The largest absolute Gasteiger partial charge is 0.491 e. The van der Waals surface area contributed by atoms with Crippen LogP contribution in [0.2, 0.25) is 0 Å². The molecule has 10 atom stereocenters. The summed E-state index contributed by atoms with van der Waals surface area (Å²) in [6.07, 6.45) is 2.13. The molecule has 10 unspecified atom stereocenters. The first-order chi connectivity index (χ1) is 48.7. The lowest BCUT2D eigenvalue weighted by atomic mass is 9.73. The number of aliphatic hydroxyl groups is 1. The molecule has 17 nitrogen and oxygen atoms in total. The smallest absolute Gasteiger partial charge is 0.223 e. The van der Waals surface area contributed by atoms with Gasteiger partial charge in [0.25, 0.3) is 0 Å². The molecule has 4 fully saturated rings. The van der Waals surface area contributed by atoms with Crippen LogP contribution in [0.25, 0.3) is 0 Å². The zero-order valence-electron chi connectivity index (χ0n) is 56.4. The number of hydrogen-bond acceptors (Lipinski definition) is 17. The van der Waals surface area contributed by atoms with Gasteiger partial charge in [0.1, 0.15) is 135 Å². The van der Waals surface area contributed by atoms with E-state index in [1.165, 1.54) is 0 Å². The van der Waals surface area contributed by atoms with E-state index >= 15 is 0 Å². The summed E-state index contributed by atoms with van der Waals surface area (Å²) in [6, 6.07) is 66.0. The second kappa shape index (κ2) is 35.9. The maximum absolute atomic E-state index is 11.5. The Morgan fingerprint density at radius 1 is 0.343 bits per heavy atom. The highest BCUT2D eigenvalue weighted by Gasteiger charge is 2.33. The monoisotopic (exact) mass is 1350 g/mol. The topological polar surface area (TPSA) is 181 Å². The van der Waals surface area contributed by atoms with Gasteiger partial charge in [-0.2, -0.15) is 0 Å². The third kappa shape index (κ3) is 21.4. The molecule has 520 valence electrons. The SMILES string of the molecule is C=CCOC(COCC)COc1ccc(C(c2ccc(OCC(O)COc3ccc(C(c4ccc(OCC(COCC)OCC=C)cc4)C(c4ccc(OCC5CO5)cc4)c4ccc(OC5CO5)cc4)cc3)cc2)C(c2ccc(OCC3CO3)cc2)c2ccc(OCC3CO3)cc2)cc1. The molecule has 17 heteroatoms. The van der Waals surface area contributed by atoms with Crippen molar-refractivity contribution in [1.29, 1.82) is 0 Å². The Bertz CT molecular complexity index is 3630. The number of aliphatic hydroxyl groups excluding tert-OH is 1. The van der Waals surface area contributed by atoms with Gasteiger partial charge in [0.15, 0.2) is 0 Å². The fraction of sp³-hybridized carbons (Fsp3) is 0.366. The van der Waals surface area contributed by atoms with Crippen molar-refractivity contribution in [1.82, 2.24) is 0 Å². The zero-order valence-corrected chi connectivity index (χ0v) is 56.4. The summed E-state index contributed by atoms with van der Waals surface area (Å²) >= 11 is 0. The van der Waals surface area contributed by atoms with E-state index in [9.17, 15) is 5.11 Å². The highest BCUT2D eigenvalue weighted by Crippen LogP contribution is 2.47. The van der Waals surface area contributed by atoms with Crippen molar-refractivity contribution in [2.45, 2.75) is 80.4 Å². The van der Waals surface area contributed by atoms with Crippen molar-refractivity contribution in [3.63, 3.8) is 0 Å². The third-order valence-corrected chi connectivity index (χ3v) is 17.3. The molecule has 0 aliphatic carbocycles. The molecule has 99 heavy (non-hydrogen) atoms. The van der Waals surface area contributed by atoms with Crippen molar-refractivity contribution in [2.24, 2.45) is 0 Å². The maximum Gasteiger partial charge on any atom is 0.223 e. The summed E-state index contributed by atoms with van der Waals surface area (Å²) in [6.45, 7) is 19.1. The molecule has 0 spiro atoms. The number of hydrogen-bond donors (Lipinski definition) is 1. The van der Waals surface area contributed by atoms with E-state index in [2.05, 4.69) is 110 Å². The number of benzene rings is 8. The van der Waals surface area contributed by atoms with Crippen molar-refractivity contribution in [3.8, 4) is 46.0 Å². The Labute approximate surface area is 580 Å². The van der Waals surface area contributed by atoms with Crippen LogP contribution in [0.4, 0.5) is 0 Å². The van der Waals surface area contributed by atoms with E-state index in [1.54, 1.807) is 12.2 Å². The van der Waals surface area contributed by atoms with E-state index in [-0.39, 0.29) is 73.7 Å². The van der Waals surface area contributed by atoms with Gasteiger partial charge in [-0.05, 0) is 155 Å². The molecule has 8 aromatic rings. The Morgan fingerprint density at radius 2 is 0.586 bits per heavy atom. The molecule has 0 aromatic heterocycles. The van der Waals surface area contributed by atoms with Crippen LogP contribution in [0.1, 0.15) is 82.0 Å². The van der Waals surface area contributed by atoms with Crippen LogP contribution in [0.3, 0.4) is 0 Å². The summed E-state index contributed by atoms with van der Waals surface area (Å²) in [5.41, 5.74) is 8.55. The molecule has 0 radical (unpaired) electrons. The predicted molar refractivity (Wildman–Crippen MR) is 376 cm³/mol. The molecule has 4 aliphatic rings. The number of rotatable bonds is 45. The zero-order chi connectivity index (χ0) is 68.0. The van der Waals surface area contributed by atoms with E-state index in [0.717, 1.165) is 67.5 Å². The normalized spacial score (nSPS) is 18.6.